The maximum atomic E-state index is 9.85. The van der Waals surface area contributed by atoms with Crippen LogP contribution in [0.25, 0.3) is 5.70 Å². The van der Waals surface area contributed by atoms with E-state index in [1.165, 1.54) is 6.08 Å². The molecule has 0 saturated carbocycles. The first-order valence-corrected chi connectivity index (χ1v) is 7.92. The van der Waals surface area contributed by atoms with E-state index >= 15 is 0 Å². The molecule has 132 valence electrons. The standard InChI is InChI=1S/C19H24N4O2/c20-12-14-7-5-13(6-8-14)9-10-25-18(19(22)23)11-16(21)15-3-1-2-4-17(15)24/h1-8,11,24H,9-10,12,20-23H2/b16-11-. The van der Waals surface area contributed by atoms with Crippen LogP contribution >= 0.6 is 0 Å². The number of hydrogen-bond donors (Lipinski definition) is 5. The molecule has 0 heterocycles. The molecule has 0 fully saturated rings. The van der Waals surface area contributed by atoms with Crippen molar-refractivity contribution in [1.29, 1.82) is 0 Å². The molecular weight excluding hydrogens is 316 g/mol. The molecule has 0 spiro atoms. The molecule has 0 bridgehead atoms. The topological polar surface area (TPSA) is 134 Å². The quantitative estimate of drug-likeness (QED) is 0.383. The van der Waals surface area contributed by atoms with Crippen molar-refractivity contribution in [2.24, 2.45) is 22.9 Å². The SMILES string of the molecule is NCc1ccc(CCOC(/C=C(\N)c2ccccc2O)=C(N)N)cc1. The van der Waals surface area contributed by atoms with Crippen LogP contribution in [0, 0.1) is 0 Å². The third kappa shape index (κ3) is 5.19. The molecule has 0 aromatic heterocycles. The van der Waals surface area contributed by atoms with Crippen LogP contribution in [0.3, 0.4) is 0 Å². The highest BCUT2D eigenvalue weighted by atomic mass is 16.5. The van der Waals surface area contributed by atoms with Crippen molar-refractivity contribution in [3.63, 3.8) is 0 Å². The molecule has 0 radical (unpaired) electrons. The predicted octanol–water partition coefficient (Wildman–Crippen LogP) is 1.50. The monoisotopic (exact) mass is 340 g/mol. The highest BCUT2D eigenvalue weighted by molar-refractivity contribution is 5.69. The minimum absolute atomic E-state index is 0.0249. The van der Waals surface area contributed by atoms with E-state index in [-0.39, 0.29) is 17.3 Å². The summed E-state index contributed by atoms with van der Waals surface area (Å²) in [5.41, 5.74) is 25.9. The van der Waals surface area contributed by atoms with Gasteiger partial charge in [0.1, 0.15) is 11.6 Å². The Kier molecular flexibility index (Phi) is 6.31. The first-order valence-electron chi connectivity index (χ1n) is 7.92. The van der Waals surface area contributed by atoms with Crippen molar-refractivity contribution in [3.05, 3.63) is 82.9 Å². The van der Waals surface area contributed by atoms with Gasteiger partial charge in [-0.2, -0.15) is 0 Å². The second kappa shape index (κ2) is 8.65. The Morgan fingerprint density at radius 3 is 2.20 bits per heavy atom. The molecule has 0 aliphatic rings. The van der Waals surface area contributed by atoms with Gasteiger partial charge in [-0.05, 0) is 23.3 Å². The fourth-order valence-electron chi connectivity index (χ4n) is 2.27. The zero-order valence-corrected chi connectivity index (χ0v) is 14.0. The van der Waals surface area contributed by atoms with Crippen LogP contribution in [0.2, 0.25) is 0 Å². The molecule has 0 amide bonds. The van der Waals surface area contributed by atoms with Gasteiger partial charge < -0.3 is 32.8 Å². The van der Waals surface area contributed by atoms with Crippen LogP contribution in [0.15, 0.2) is 66.2 Å². The Balaban J connectivity index is 2.03. The van der Waals surface area contributed by atoms with Crippen molar-refractivity contribution < 1.29 is 9.84 Å². The van der Waals surface area contributed by atoms with Gasteiger partial charge in [0.25, 0.3) is 0 Å². The largest absolute Gasteiger partial charge is 0.507 e. The van der Waals surface area contributed by atoms with Gasteiger partial charge >= 0.3 is 0 Å². The summed E-state index contributed by atoms with van der Waals surface area (Å²) in [5, 5.41) is 9.85. The Morgan fingerprint density at radius 2 is 1.60 bits per heavy atom. The Morgan fingerprint density at radius 1 is 0.960 bits per heavy atom. The van der Waals surface area contributed by atoms with E-state index in [0.717, 1.165) is 11.1 Å². The predicted molar refractivity (Wildman–Crippen MR) is 99.7 cm³/mol. The summed E-state index contributed by atoms with van der Waals surface area (Å²) in [6, 6.07) is 14.7. The molecule has 0 aliphatic heterocycles. The van der Waals surface area contributed by atoms with Crippen LogP contribution in [0.4, 0.5) is 0 Å². The number of nitrogens with two attached hydrogens (primary N) is 4. The highest BCUT2D eigenvalue weighted by Crippen LogP contribution is 2.22. The van der Waals surface area contributed by atoms with Gasteiger partial charge in [0.2, 0.25) is 0 Å². The lowest BCUT2D eigenvalue weighted by molar-refractivity contribution is 0.224. The number of phenolic OH excluding ortho intramolecular Hbond substituents is 1. The second-order valence-electron chi connectivity index (χ2n) is 5.56. The van der Waals surface area contributed by atoms with E-state index in [9.17, 15) is 5.11 Å². The molecule has 6 nitrogen and oxygen atoms in total. The zero-order chi connectivity index (χ0) is 18.2. The molecule has 0 unspecified atom stereocenters. The van der Waals surface area contributed by atoms with Crippen LogP contribution in [0.5, 0.6) is 5.75 Å². The van der Waals surface area contributed by atoms with E-state index < -0.39 is 0 Å². The van der Waals surface area contributed by atoms with Crippen molar-refractivity contribution in [2.45, 2.75) is 13.0 Å². The molecule has 2 aromatic rings. The lowest BCUT2D eigenvalue weighted by atomic mass is 10.1. The number of para-hydroxylation sites is 1. The van der Waals surface area contributed by atoms with Crippen molar-refractivity contribution in [2.75, 3.05) is 6.61 Å². The summed E-state index contributed by atoms with van der Waals surface area (Å²) in [5.74, 6) is 0.377. The molecule has 2 aromatic carbocycles. The summed E-state index contributed by atoms with van der Waals surface area (Å²) in [6.07, 6.45) is 2.20. The third-order valence-corrected chi connectivity index (χ3v) is 3.69. The smallest absolute Gasteiger partial charge is 0.160 e. The minimum atomic E-state index is 0.0249. The molecule has 2 rings (SSSR count). The van der Waals surface area contributed by atoms with Crippen molar-refractivity contribution >= 4 is 5.70 Å². The van der Waals surface area contributed by atoms with E-state index in [2.05, 4.69) is 0 Å². The first kappa shape index (κ1) is 18.2. The number of hydrogen-bond acceptors (Lipinski definition) is 6. The Hall–Kier alpha value is -3.12. The van der Waals surface area contributed by atoms with Gasteiger partial charge in [0, 0.05) is 30.3 Å². The molecule has 6 heteroatoms. The molecule has 0 saturated heterocycles. The number of allylic oxidation sites excluding steroid dienone is 1. The summed E-state index contributed by atoms with van der Waals surface area (Å²) in [7, 11) is 0. The van der Waals surface area contributed by atoms with Gasteiger partial charge in [-0.15, -0.1) is 0 Å². The maximum absolute atomic E-state index is 9.85. The fourth-order valence-corrected chi connectivity index (χ4v) is 2.27. The number of benzene rings is 2. The summed E-state index contributed by atoms with van der Waals surface area (Å²) in [6.45, 7) is 0.906. The maximum Gasteiger partial charge on any atom is 0.160 e. The lowest BCUT2D eigenvalue weighted by Gasteiger charge is -2.11. The molecule has 0 aliphatic carbocycles. The first-order chi connectivity index (χ1) is 12.0. The number of rotatable bonds is 7. The van der Waals surface area contributed by atoms with E-state index in [1.807, 2.05) is 24.3 Å². The van der Waals surface area contributed by atoms with E-state index in [1.54, 1.807) is 24.3 Å². The summed E-state index contributed by atoms with van der Waals surface area (Å²) >= 11 is 0. The van der Waals surface area contributed by atoms with E-state index in [4.69, 9.17) is 27.7 Å². The zero-order valence-electron chi connectivity index (χ0n) is 14.0. The molecular formula is C19H24N4O2. The van der Waals surface area contributed by atoms with Crippen LogP contribution in [-0.4, -0.2) is 11.7 Å². The van der Waals surface area contributed by atoms with Crippen molar-refractivity contribution in [3.8, 4) is 5.75 Å². The van der Waals surface area contributed by atoms with Gasteiger partial charge in [-0.3, -0.25) is 0 Å². The Bertz CT molecular complexity index is 763. The molecule has 25 heavy (non-hydrogen) atoms. The number of aromatic hydroxyl groups is 1. The van der Waals surface area contributed by atoms with Crippen molar-refractivity contribution in [1.82, 2.24) is 0 Å². The van der Waals surface area contributed by atoms with E-state index in [0.29, 0.717) is 30.8 Å². The van der Waals surface area contributed by atoms with Crippen LogP contribution in [-0.2, 0) is 17.7 Å². The number of ether oxygens (including phenoxy) is 1. The van der Waals surface area contributed by atoms with Gasteiger partial charge in [-0.1, -0.05) is 36.4 Å². The molecule has 0 atom stereocenters. The van der Waals surface area contributed by atoms with Crippen LogP contribution < -0.4 is 22.9 Å². The second-order valence-corrected chi connectivity index (χ2v) is 5.56. The summed E-state index contributed by atoms with van der Waals surface area (Å²) < 4.78 is 5.66. The third-order valence-electron chi connectivity index (χ3n) is 3.69. The average molecular weight is 340 g/mol. The fraction of sp³-hybridized carbons (Fsp3) is 0.158. The van der Waals surface area contributed by atoms with Gasteiger partial charge in [-0.25, -0.2) is 0 Å². The average Bonchev–Trinajstić information content (AvgIpc) is 2.61. The van der Waals surface area contributed by atoms with Gasteiger partial charge in [0.15, 0.2) is 5.76 Å². The highest BCUT2D eigenvalue weighted by Gasteiger charge is 2.07. The number of phenols is 1. The summed E-state index contributed by atoms with van der Waals surface area (Å²) in [4.78, 5) is 0. The lowest BCUT2D eigenvalue weighted by Crippen LogP contribution is -2.15. The Labute approximate surface area is 147 Å². The normalized spacial score (nSPS) is 11.2. The molecule has 9 N–H and O–H groups in total. The minimum Gasteiger partial charge on any atom is -0.507 e. The van der Waals surface area contributed by atoms with Gasteiger partial charge in [0.05, 0.1) is 6.61 Å². The van der Waals surface area contributed by atoms with Crippen LogP contribution in [0.1, 0.15) is 16.7 Å².